The van der Waals surface area contributed by atoms with Gasteiger partial charge in [0.1, 0.15) is 5.82 Å². The van der Waals surface area contributed by atoms with Gasteiger partial charge in [-0.05, 0) is 56.9 Å². The summed E-state index contributed by atoms with van der Waals surface area (Å²) in [5.74, 6) is 2.26. The van der Waals surface area contributed by atoms with Crippen molar-refractivity contribution in [3.63, 3.8) is 0 Å². The molecule has 6 nitrogen and oxygen atoms in total. The van der Waals surface area contributed by atoms with Crippen molar-refractivity contribution in [1.82, 2.24) is 25.1 Å². The molecule has 1 fully saturated rings. The number of nitrogens with one attached hydrogen (secondary N) is 1. The van der Waals surface area contributed by atoms with E-state index in [1.807, 2.05) is 32.0 Å². The molecule has 1 unspecified atom stereocenters. The topological polar surface area (TPSA) is 72.7 Å². The number of benzene rings is 1. The number of hydrogen-bond acceptors (Lipinski definition) is 4. The summed E-state index contributed by atoms with van der Waals surface area (Å²) in [4.78, 5) is 18.3. The van der Waals surface area contributed by atoms with E-state index in [2.05, 4.69) is 36.0 Å². The molecule has 1 aromatic carbocycles. The third-order valence-electron chi connectivity index (χ3n) is 5.79. The summed E-state index contributed by atoms with van der Waals surface area (Å²) in [5.41, 5.74) is 3.65. The summed E-state index contributed by atoms with van der Waals surface area (Å²) >= 11 is 3.54. The summed E-state index contributed by atoms with van der Waals surface area (Å²) < 4.78 is 3.08. The molecule has 3 heterocycles. The molecule has 0 radical (unpaired) electrons. The molecule has 1 N–H and O–H groups in total. The Morgan fingerprint density at radius 3 is 2.93 bits per heavy atom. The smallest absolute Gasteiger partial charge is 0.252 e. The van der Waals surface area contributed by atoms with E-state index < -0.39 is 0 Å². The van der Waals surface area contributed by atoms with Crippen molar-refractivity contribution in [2.75, 3.05) is 0 Å². The highest BCUT2D eigenvalue weighted by Gasteiger charge is 2.31. The van der Waals surface area contributed by atoms with Crippen LogP contribution in [0.4, 0.5) is 0 Å². The average Bonchev–Trinajstić information content (AvgIpc) is 3.25. The molecule has 1 aliphatic carbocycles. The van der Waals surface area contributed by atoms with Gasteiger partial charge in [-0.2, -0.15) is 0 Å². The van der Waals surface area contributed by atoms with Gasteiger partial charge in [0.15, 0.2) is 5.82 Å². The van der Waals surface area contributed by atoms with Crippen molar-refractivity contribution in [3.05, 3.63) is 51.1 Å². The Kier molecular flexibility index (Phi) is 4.23. The van der Waals surface area contributed by atoms with Crippen LogP contribution < -0.4 is 5.32 Å². The maximum absolute atomic E-state index is 13.4. The predicted octanol–water partition coefficient (Wildman–Crippen LogP) is 4.21. The first-order chi connectivity index (χ1) is 13.5. The molecule has 0 saturated heterocycles. The summed E-state index contributed by atoms with van der Waals surface area (Å²) in [7, 11) is 0. The molecule has 1 amide bonds. The van der Waals surface area contributed by atoms with Crippen LogP contribution in [0.5, 0.6) is 0 Å². The van der Waals surface area contributed by atoms with Crippen LogP contribution in [0.1, 0.15) is 71.4 Å². The number of carbonyl (C=O) groups excluding carboxylic acids is 1. The van der Waals surface area contributed by atoms with Crippen LogP contribution in [0, 0.1) is 6.92 Å². The van der Waals surface area contributed by atoms with Crippen molar-refractivity contribution < 1.29 is 4.79 Å². The lowest BCUT2D eigenvalue weighted by Gasteiger charge is -2.18. The number of fused-ring (bicyclic) bond motifs is 2. The Morgan fingerprint density at radius 2 is 2.14 bits per heavy atom. The number of halogens is 1. The molecule has 1 saturated carbocycles. The quantitative estimate of drug-likeness (QED) is 0.660. The van der Waals surface area contributed by atoms with Gasteiger partial charge in [0.05, 0.1) is 17.1 Å². The van der Waals surface area contributed by atoms with Crippen LogP contribution in [-0.4, -0.2) is 25.7 Å². The predicted molar refractivity (Wildman–Crippen MR) is 110 cm³/mol. The van der Waals surface area contributed by atoms with Gasteiger partial charge in [-0.25, -0.2) is 0 Å². The number of aromatic nitrogens is 4. The molecule has 1 aliphatic heterocycles. The number of aryl methyl sites for hydroxylation is 1. The Hall–Kier alpha value is -2.28. The van der Waals surface area contributed by atoms with Gasteiger partial charge < -0.3 is 9.88 Å². The van der Waals surface area contributed by atoms with Crippen LogP contribution in [0.2, 0.25) is 0 Å². The van der Waals surface area contributed by atoms with Gasteiger partial charge in [0.25, 0.3) is 5.91 Å². The van der Waals surface area contributed by atoms with E-state index in [-0.39, 0.29) is 11.9 Å². The summed E-state index contributed by atoms with van der Waals surface area (Å²) in [6.45, 7) is 4.92. The van der Waals surface area contributed by atoms with E-state index in [1.54, 1.807) is 0 Å². The monoisotopic (exact) mass is 439 g/mol. The maximum Gasteiger partial charge on any atom is 0.252 e. The second-order valence-corrected chi connectivity index (χ2v) is 8.77. The average molecular weight is 440 g/mol. The molecule has 5 rings (SSSR count). The van der Waals surface area contributed by atoms with Gasteiger partial charge in [0, 0.05) is 34.4 Å². The van der Waals surface area contributed by atoms with Gasteiger partial charge >= 0.3 is 0 Å². The Labute approximate surface area is 171 Å². The lowest BCUT2D eigenvalue weighted by molar-refractivity contribution is 0.0938. The molecule has 0 bridgehead atoms. The molecule has 0 spiro atoms. The first kappa shape index (κ1) is 17.8. The maximum atomic E-state index is 13.4. The number of nitrogens with zero attached hydrogens (tertiary/aromatic N) is 4. The number of pyridine rings is 1. The van der Waals surface area contributed by atoms with Crippen molar-refractivity contribution in [3.8, 4) is 0 Å². The standard InChI is InChI=1S/C21H22BrN5O/c1-11-18(15-10-14(22)7-8-16(15)24-19(11)13-5-6-13)21(28)23-12(2)20-26-25-17-4-3-9-27(17)20/h7-8,10,12-13H,3-6,9H2,1-2H3,(H,23,28). The molecule has 28 heavy (non-hydrogen) atoms. The highest BCUT2D eigenvalue weighted by molar-refractivity contribution is 9.10. The van der Waals surface area contributed by atoms with Crippen molar-refractivity contribution in [1.29, 1.82) is 0 Å². The molecule has 7 heteroatoms. The third kappa shape index (κ3) is 2.92. The van der Waals surface area contributed by atoms with E-state index in [0.717, 1.165) is 76.1 Å². The zero-order valence-electron chi connectivity index (χ0n) is 16.0. The number of carbonyl (C=O) groups is 1. The lowest BCUT2D eigenvalue weighted by atomic mass is 9.98. The molecular weight excluding hydrogens is 418 g/mol. The lowest BCUT2D eigenvalue weighted by Crippen LogP contribution is -2.29. The normalized spacial score (nSPS) is 17.0. The Bertz CT molecular complexity index is 1100. The number of hydrogen-bond donors (Lipinski definition) is 1. The highest BCUT2D eigenvalue weighted by Crippen LogP contribution is 2.42. The van der Waals surface area contributed by atoms with Crippen LogP contribution in [0.15, 0.2) is 22.7 Å². The van der Waals surface area contributed by atoms with E-state index >= 15 is 0 Å². The summed E-state index contributed by atoms with van der Waals surface area (Å²) in [6, 6.07) is 5.74. The van der Waals surface area contributed by atoms with Crippen LogP contribution >= 0.6 is 15.9 Å². The fraction of sp³-hybridized carbons (Fsp3) is 0.429. The Morgan fingerprint density at radius 1 is 1.32 bits per heavy atom. The van der Waals surface area contributed by atoms with E-state index in [9.17, 15) is 4.79 Å². The van der Waals surface area contributed by atoms with E-state index in [0.29, 0.717) is 5.92 Å². The first-order valence-corrected chi connectivity index (χ1v) is 10.6. The van der Waals surface area contributed by atoms with Gasteiger partial charge in [-0.15, -0.1) is 10.2 Å². The third-order valence-corrected chi connectivity index (χ3v) is 6.29. The van der Waals surface area contributed by atoms with Crippen molar-refractivity contribution in [2.24, 2.45) is 0 Å². The highest BCUT2D eigenvalue weighted by atomic mass is 79.9. The minimum atomic E-state index is -0.203. The molecule has 3 aromatic rings. The summed E-state index contributed by atoms with van der Waals surface area (Å²) in [6.07, 6.45) is 4.35. The Balaban J connectivity index is 1.54. The molecule has 144 valence electrons. The van der Waals surface area contributed by atoms with Gasteiger partial charge in [-0.3, -0.25) is 9.78 Å². The SMILES string of the molecule is Cc1c(C2CC2)nc2ccc(Br)cc2c1C(=O)NC(C)c1nnc2n1CCC2. The summed E-state index contributed by atoms with van der Waals surface area (Å²) in [5, 5.41) is 12.6. The molecule has 2 aromatic heterocycles. The van der Waals surface area contributed by atoms with Crippen molar-refractivity contribution in [2.45, 2.75) is 58.0 Å². The van der Waals surface area contributed by atoms with Crippen LogP contribution in [0.25, 0.3) is 10.9 Å². The van der Waals surface area contributed by atoms with Crippen molar-refractivity contribution >= 4 is 32.7 Å². The van der Waals surface area contributed by atoms with Gasteiger partial charge in [0.2, 0.25) is 0 Å². The largest absolute Gasteiger partial charge is 0.342 e. The zero-order valence-corrected chi connectivity index (χ0v) is 17.6. The molecule has 2 aliphatic rings. The minimum absolute atomic E-state index is 0.0762. The number of rotatable bonds is 4. The zero-order chi connectivity index (χ0) is 19.4. The number of amides is 1. The van der Waals surface area contributed by atoms with E-state index in [4.69, 9.17) is 4.98 Å². The minimum Gasteiger partial charge on any atom is -0.342 e. The van der Waals surface area contributed by atoms with Gasteiger partial charge in [-0.1, -0.05) is 15.9 Å². The second-order valence-electron chi connectivity index (χ2n) is 7.86. The molecule has 1 atom stereocenters. The second kappa shape index (κ2) is 6.65. The van der Waals surface area contributed by atoms with Crippen LogP contribution in [0.3, 0.4) is 0 Å². The molecular formula is C21H22BrN5O. The van der Waals surface area contributed by atoms with Crippen LogP contribution in [-0.2, 0) is 13.0 Å². The fourth-order valence-electron chi connectivity index (χ4n) is 4.22. The fourth-order valence-corrected chi connectivity index (χ4v) is 4.58. The first-order valence-electron chi connectivity index (χ1n) is 9.85. The van der Waals surface area contributed by atoms with E-state index in [1.165, 1.54) is 0 Å².